The maximum atomic E-state index is 4.44. The van der Waals surface area contributed by atoms with Crippen molar-refractivity contribution in [2.24, 2.45) is 5.92 Å². The third-order valence-electron chi connectivity index (χ3n) is 3.41. The molecule has 0 unspecified atom stereocenters. The smallest absolute Gasteiger partial charge is 0.156 e. The van der Waals surface area contributed by atoms with Gasteiger partial charge in [0.15, 0.2) is 5.82 Å². The molecule has 0 radical (unpaired) electrons. The molecule has 0 spiro atoms. The summed E-state index contributed by atoms with van der Waals surface area (Å²) in [4.78, 5) is 0. The molecule has 0 atom stereocenters. The molecule has 3 nitrogen and oxygen atoms in total. The third kappa shape index (κ3) is 2.87. The summed E-state index contributed by atoms with van der Waals surface area (Å²) in [7, 11) is 0. The Kier molecular flexibility index (Phi) is 3.82. The van der Waals surface area contributed by atoms with Crippen molar-refractivity contribution in [1.82, 2.24) is 10.2 Å². The molecule has 0 amide bonds. The molecule has 3 aromatic rings. The highest BCUT2D eigenvalue weighted by Gasteiger charge is 2.10. The zero-order valence-corrected chi connectivity index (χ0v) is 12.4. The second-order valence-electron chi connectivity index (χ2n) is 5.58. The minimum absolute atomic E-state index is 0.569. The van der Waals surface area contributed by atoms with E-state index in [1.54, 1.807) is 0 Å². The topological polar surface area (TPSA) is 37.8 Å². The van der Waals surface area contributed by atoms with Gasteiger partial charge < -0.3 is 5.32 Å². The molecule has 3 heteroatoms. The Balaban J connectivity index is 2.11. The summed E-state index contributed by atoms with van der Waals surface area (Å²) in [5.74, 6) is 1.43. The summed E-state index contributed by atoms with van der Waals surface area (Å²) >= 11 is 0. The Hall–Kier alpha value is -2.42. The largest absolute Gasteiger partial charge is 0.368 e. The molecule has 3 rings (SSSR count). The Morgan fingerprint density at radius 2 is 1.52 bits per heavy atom. The van der Waals surface area contributed by atoms with Gasteiger partial charge in [0.25, 0.3) is 0 Å². The number of benzene rings is 2. The second-order valence-corrected chi connectivity index (χ2v) is 5.58. The molecule has 0 fully saturated rings. The summed E-state index contributed by atoms with van der Waals surface area (Å²) in [6.45, 7) is 5.26. The van der Waals surface area contributed by atoms with Crippen molar-refractivity contribution in [3.05, 3.63) is 54.6 Å². The zero-order chi connectivity index (χ0) is 14.7. The Morgan fingerprint density at radius 1 is 0.857 bits per heavy atom. The molecule has 0 bridgehead atoms. The van der Waals surface area contributed by atoms with Gasteiger partial charge in [0.1, 0.15) is 5.69 Å². The van der Waals surface area contributed by atoms with E-state index in [1.165, 1.54) is 0 Å². The van der Waals surface area contributed by atoms with Gasteiger partial charge >= 0.3 is 0 Å². The molecule has 0 aliphatic rings. The van der Waals surface area contributed by atoms with Gasteiger partial charge in [-0.05, 0) is 5.92 Å². The van der Waals surface area contributed by atoms with Crippen molar-refractivity contribution in [2.75, 3.05) is 11.9 Å². The van der Waals surface area contributed by atoms with E-state index in [0.717, 1.165) is 34.4 Å². The number of hydrogen-bond donors (Lipinski definition) is 1. The standard InChI is InChI=1S/C18H19N3/c1-13(2)12-19-18-16-11-7-6-10-15(16)17(20-21-18)14-8-4-3-5-9-14/h3-11,13H,12H2,1-2H3,(H,19,21). The fourth-order valence-electron chi connectivity index (χ4n) is 2.34. The molecule has 21 heavy (non-hydrogen) atoms. The van der Waals surface area contributed by atoms with Crippen LogP contribution in [0.25, 0.3) is 22.0 Å². The number of aromatic nitrogens is 2. The first-order valence-electron chi connectivity index (χ1n) is 7.30. The van der Waals surface area contributed by atoms with Crippen molar-refractivity contribution < 1.29 is 0 Å². The van der Waals surface area contributed by atoms with Crippen LogP contribution in [-0.4, -0.2) is 16.7 Å². The summed E-state index contributed by atoms with van der Waals surface area (Å²) in [5.41, 5.74) is 2.03. The van der Waals surface area contributed by atoms with Crippen LogP contribution < -0.4 is 5.32 Å². The molecule has 0 aliphatic heterocycles. The fraction of sp³-hybridized carbons (Fsp3) is 0.222. The molecular formula is C18H19N3. The van der Waals surface area contributed by atoms with Gasteiger partial charge in [-0.3, -0.25) is 0 Å². The normalized spacial score (nSPS) is 11.0. The molecule has 106 valence electrons. The summed E-state index contributed by atoms with van der Waals surface area (Å²) in [5, 5.41) is 14.5. The van der Waals surface area contributed by atoms with Crippen LogP contribution in [0.4, 0.5) is 5.82 Å². The van der Waals surface area contributed by atoms with Crippen LogP contribution in [0.2, 0.25) is 0 Å². The van der Waals surface area contributed by atoms with Gasteiger partial charge in [-0.1, -0.05) is 68.4 Å². The average molecular weight is 277 g/mol. The fourth-order valence-corrected chi connectivity index (χ4v) is 2.34. The first kappa shape index (κ1) is 13.6. The monoisotopic (exact) mass is 277 g/mol. The number of nitrogens with one attached hydrogen (secondary N) is 1. The summed E-state index contributed by atoms with van der Waals surface area (Å²) in [6.07, 6.45) is 0. The van der Waals surface area contributed by atoms with Gasteiger partial charge in [-0.25, -0.2) is 0 Å². The lowest BCUT2D eigenvalue weighted by Crippen LogP contribution is -2.10. The predicted octanol–water partition coefficient (Wildman–Crippen LogP) is 4.36. The minimum atomic E-state index is 0.569. The molecule has 0 aliphatic carbocycles. The van der Waals surface area contributed by atoms with E-state index in [4.69, 9.17) is 0 Å². The molecule has 0 saturated carbocycles. The molecule has 1 heterocycles. The van der Waals surface area contributed by atoms with Crippen LogP contribution in [0.3, 0.4) is 0 Å². The predicted molar refractivity (Wildman–Crippen MR) is 88.3 cm³/mol. The van der Waals surface area contributed by atoms with E-state index < -0.39 is 0 Å². The van der Waals surface area contributed by atoms with Gasteiger partial charge in [0.05, 0.1) is 0 Å². The zero-order valence-electron chi connectivity index (χ0n) is 12.4. The number of hydrogen-bond acceptors (Lipinski definition) is 3. The van der Waals surface area contributed by atoms with E-state index >= 15 is 0 Å². The SMILES string of the molecule is CC(C)CNc1nnc(-c2ccccc2)c2ccccc12. The average Bonchev–Trinajstić information content (AvgIpc) is 2.53. The molecule has 2 aromatic carbocycles. The molecular weight excluding hydrogens is 258 g/mol. The Morgan fingerprint density at radius 3 is 2.24 bits per heavy atom. The van der Waals surface area contributed by atoms with Crippen molar-refractivity contribution in [2.45, 2.75) is 13.8 Å². The Bertz CT molecular complexity index is 736. The highest BCUT2D eigenvalue weighted by atomic mass is 15.2. The summed E-state index contributed by atoms with van der Waals surface area (Å²) < 4.78 is 0. The van der Waals surface area contributed by atoms with E-state index in [-0.39, 0.29) is 0 Å². The van der Waals surface area contributed by atoms with E-state index in [9.17, 15) is 0 Å². The molecule has 1 N–H and O–H groups in total. The molecule has 0 saturated heterocycles. The van der Waals surface area contributed by atoms with Crippen LogP contribution in [0, 0.1) is 5.92 Å². The van der Waals surface area contributed by atoms with E-state index in [2.05, 4.69) is 53.6 Å². The number of fused-ring (bicyclic) bond motifs is 1. The van der Waals surface area contributed by atoms with Crippen LogP contribution in [0.15, 0.2) is 54.6 Å². The van der Waals surface area contributed by atoms with Crippen molar-refractivity contribution in [3.8, 4) is 11.3 Å². The first-order valence-corrected chi connectivity index (χ1v) is 7.30. The lowest BCUT2D eigenvalue weighted by atomic mass is 10.0. The highest BCUT2D eigenvalue weighted by Crippen LogP contribution is 2.29. The third-order valence-corrected chi connectivity index (χ3v) is 3.41. The van der Waals surface area contributed by atoms with Crippen LogP contribution >= 0.6 is 0 Å². The highest BCUT2D eigenvalue weighted by molar-refractivity contribution is 5.99. The van der Waals surface area contributed by atoms with Gasteiger partial charge in [0, 0.05) is 22.9 Å². The Labute approximate surface area is 125 Å². The van der Waals surface area contributed by atoms with E-state index in [0.29, 0.717) is 5.92 Å². The number of nitrogens with zero attached hydrogens (tertiary/aromatic N) is 2. The molecule has 1 aromatic heterocycles. The van der Waals surface area contributed by atoms with Crippen molar-refractivity contribution >= 4 is 16.6 Å². The second kappa shape index (κ2) is 5.92. The minimum Gasteiger partial charge on any atom is -0.368 e. The lowest BCUT2D eigenvalue weighted by Gasteiger charge is -2.12. The van der Waals surface area contributed by atoms with Gasteiger partial charge in [-0.2, -0.15) is 0 Å². The van der Waals surface area contributed by atoms with Gasteiger partial charge in [-0.15, -0.1) is 10.2 Å². The maximum absolute atomic E-state index is 4.44. The van der Waals surface area contributed by atoms with Crippen LogP contribution in [0.5, 0.6) is 0 Å². The maximum Gasteiger partial charge on any atom is 0.156 e. The van der Waals surface area contributed by atoms with Crippen LogP contribution in [-0.2, 0) is 0 Å². The number of anilines is 1. The van der Waals surface area contributed by atoms with Crippen molar-refractivity contribution in [1.29, 1.82) is 0 Å². The summed E-state index contributed by atoms with van der Waals surface area (Å²) in [6, 6.07) is 18.5. The first-order chi connectivity index (χ1) is 10.3. The van der Waals surface area contributed by atoms with Gasteiger partial charge in [0.2, 0.25) is 0 Å². The van der Waals surface area contributed by atoms with Crippen molar-refractivity contribution in [3.63, 3.8) is 0 Å². The lowest BCUT2D eigenvalue weighted by molar-refractivity contribution is 0.686. The van der Waals surface area contributed by atoms with Crippen LogP contribution in [0.1, 0.15) is 13.8 Å². The number of rotatable bonds is 4. The van der Waals surface area contributed by atoms with E-state index in [1.807, 2.05) is 30.3 Å². The quantitative estimate of drug-likeness (QED) is 0.769.